The van der Waals surface area contributed by atoms with Crippen LogP contribution < -0.4 is 11.1 Å². The van der Waals surface area contributed by atoms with Gasteiger partial charge in [-0.25, -0.2) is 19.7 Å². The number of nitrogen functional groups attached to an aromatic ring is 1. The Morgan fingerprint density at radius 3 is 2.65 bits per heavy atom. The van der Waals surface area contributed by atoms with E-state index in [9.17, 15) is 27.3 Å². The van der Waals surface area contributed by atoms with Crippen molar-refractivity contribution >= 4 is 50.0 Å². The molecule has 1 aliphatic heterocycles. The van der Waals surface area contributed by atoms with E-state index in [1.54, 1.807) is 6.20 Å². The molecule has 0 aliphatic carbocycles. The van der Waals surface area contributed by atoms with Gasteiger partial charge in [0.1, 0.15) is 31.2 Å². The van der Waals surface area contributed by atoms with E-state index >= 15 is 0 Å². The van der Waals surface area contributed by atoms with Crippen molar-refractivity contribution < 1.29 is 36.8 Å². The van der Waals surface area contributed by atoms with Crippen molar-refractivity contribution in [3.05, 3.63) is 78.2 Å². The van der Waals surface area contributed by atoms with Crippen molar-refractivity contribution in [2.75, 3.05) is 17.7 Å². The van der Waals surface area contributed by atoms with E-state index in [1.165, 1.54) is 10.9 Å². The van der Waals surface area contributed by atoms with Crippen LogP contribution in [0.2, 0.25) is 0 Å². The number of nitrogens with zero attached hydrogens (tertiary/aromatic N) is 5. The highest BCUT2D eigenvalue weighted by Crippen LogP contribution is 2.35. The lowest BCUT2D eigenvalue weighted by Crippen LogP contribution is -2.34. The second-order valence-corrected chi connectivity index (χ2v) is 11.1. The lowest BCUT2D eigenvalue weighted by atomic mass is 10.1. The smallest absolute Gasteiger partial charge is 0.338 e. The number of nitrogens with one attached hydrogen (secondary N) is 1. The van der Waals surface area contributed by atoms with Crippen LogP contribution in [0.4, 0.5) is 15.7 Å². The lowest BCUT2D eigenvalue weighted by Gasteiger charge is -2.20. The fraction of sp³-hybridized carbons (Fsp3) is 0.222. The molecule has 0 amide bonds. The Kier molecular flexibility index (Phi) is 7.35. The molecule has 43 heavy (non-hydrogen) atoms. The largest absolute Gasteiger partial charge is 0.459 e. The summed E-state index contributed by atoms with van der Waals surface area (Å²) in [5, 5.41) is 25.9. The summed E-state index contributed by atoms with van der Waals surface area (Å²) in [6.45, 7) is -0.148. The van der Waals surface area contributed by atoms with Gasteiger partial charge in [0.15, 0.2) is 23.2 Å². The predicted octanol–water partition coefficient (Wildman–Crippen LogP) is 1.70. The third-order valence-electron chi connectivity index (χ3n) is 6.97. The van der Waals surface area contributed by atoms with Gasteiger partial charge >= 0.3 is 16.2 Å². The molecule has 4 heterocycles. The van der Waals surface area contributed by atoms with Gasteiger partial charge in [0, 0.05) is 18.1 Å². The minimum absolute atomic E-state index is 0.0549. The van der Waals surface area contributed by atoms with E-state index in [4.69, 9.17) is 15.2 Å². The first-order chi connectivity index (χ1) is 20.6. The molecule has 1 saturated heterocycles. The first kappa shape index (κ1) is 28.4. The van der Waals surface area contributed by atoms with Crippen molar-refractivity contribution in [2.24, 2.45) is 0 Å². The summed E-state index contributed by atoms with van der Waals surface area (Å²) < 4.78 is 47.8. The summed E-state index contributed by atoms with van der Waals surface area (Å²) in [7, 11) is -4.93. The van der Waals surface area contributed by atoms with Crippen LogP contribution in [-0.2, 0) is 26.2 Å². The quantitative estimate of drug-likeness (QED) is 0.146. The summed E-state index contributed by atoms with van der Waals surface area (Å²) in [6, 6.07) is 13.6. The molecule has 1 fully saturated rings. The third-order valence-corrected chi connectivity index (χ3v) is 7.80. The average molecular weight is 610 g/mol. The highest BCUT2D eigenvalue weighted by atomic mass is 32.3. The Hall–Kier alpha value is -4.77. The predicted molar refractivity (Wildman–Crippen MR) is 150 cm³/mol. The van der Waals surface area contributed by atoms with Gasteiger partial charge in [-0.3, -0.25) is 9.55 Å². The van der Waals surface area contributed by atoms with Crippen LogP contribution in [0.1, 0.15) is 22.1 Å². The maximum atomic E-state index is 13.1. The van der Waals surface area contributed by atoms with Crippen molar-refractivity contribution in [1.82, 2.24) is 24.5 Å². The molecule has 4 unspecified atom stereocenters. The Bertz CT molecular complexity index is 1940. The molecule has 0 bridgehead atoms. The average Bonchev–Trinajstić information content (AvgIpc) is 3.51. The van der Waals surface area contributed by atoms with Gasteiger partial charge in [0.2, 0.25) is 5.95 Å². The number of carbonyl (C=O) groups is 1. The number of imidazole rings is 1. The maximum absolute atomic E-state index is 13.1. The number of benzene rings is 2. The van der Waals surface area contributed by atoms with Crippen LogP contribution in [0.15, 0.2) is 72.0 Å². The van der Waals surface area contributed by atoms with Crippen LogP contribution in [0.25, 0.3) is 22.1 Å². The zero-order chi connectivity index (χ0) is 30.3. The number of ether oxygens (including phenoxy) is 2. The van der Waals surface area contributed by atoms with Gasteiger partial charge < -0.3 is 30.7 Å². The van der Waals surface area contributed by atoms with Crippen LogP contribution >= 0.6 is 0 Å². The number of aromatic nitrogens is 5. The Balaban J connectivity index is 1.22. The topological polar surface area (TPSA) is 205 Å². The summed E-state index contributed by atoms with van der Waals surface area (Å²) in [5.41, 5.74) is 8.21. The highest BCUT2D eigenvalue weighted by Gasteiger charge is 2.46. The molecule has 5 N–H and O–H groups in total. The van der Waals surface area contributed by atoms with Gasteiger partial charge in [-0.1, -0.05) is 12.1 Å². The van der Waals surface area contributed by atoms with Crippen molar-refractivity contribution in [1.29, 1.82) is 0 Å². The van der Waals surface area contributed by atoms with Crippen LogP contribution in [-0.4, -0.2) is 74.0 Å². The summed E-state index contributed by atoms with van der Waals surface area (Å²) >= 11 is 0. The van der Waals surface area contributed by atoms with E-state index in [-0.39, 0.29) is 28.5 Å². The fourth-order valence-electron chi connectivity index (χ4n) is 4.78. The molecule has 4 atom stereocenters. The van der Waals surface area contributed by atoms with Crippen LogP contribution in [0.3, 0.4) is 0 Å². The van der Waals surface area contributed by atoms with Gasteiger partial charge in [0.25, 0.3) is 0 Å². The van der Waals surface area contributed by atoms with Crippen LogP contribution in [0, 0.1) is 0 Å². The molecule has 5 aromatic rings. The number of aliphatic hydroxyl groups is 2. The molecule has 222 valence electrons. The lowest BCUT2D eigenvalue weighted by molar-refractivity contribution is -0.0557. The standard InChI is InChI=1S/C27H24FN7O7S/c28-43(39,40)17-6-4-15(5-7-17)26(38)41-12-19-21(36)22(37)25(42-19)35-24-20(23(29)32-13-33-24)34-27(35)31-11-14-3-8-18-16(10-14)2-1-9-30-18/h1-10,13,19,21-22,25,36-37H,11-12H2,(H,31,34)(H2,29,32,33). The van der Waals surface area contributed by atoms with Crippen LogP contribution in [0.5, 0.6) is 0 Å². The van der Waals surface area contributed by atoms with E-state index in [2.05, 4.69) is 25.3 Å². The number of aliphatic hydroxyl groups excluding tert-OH is 2. The molecule has 1 aliphatic rings. The molecular weight excluding hydrogens is 585 g/mol. The van der Waals surface area contributed by atoms with Crippen molar-refractivity contribution in [3.63, 3.8) is 0 Å². The molecule has 6 rings (SSSR count). The number of esters is 1. The number of pyridine rings is 1. The molecule has 0 radical (unpaired) electrons. The van der Waals surface area contributed by atoms with Gasteiger partial charge in [0.05, 0.1) is 16.0 Å². The second-order valence-electron chi connectivity index (χ2n) is 9.73. The maximum Gasteiger partial charge on any atom is 0.338 e. The summed E-state index contributed by atoms with van der Waals surface area (Å²) in [4.78, 5) is 29.0. The zero-order valence-electron chi connectivity index (χ0n) is 22.1. The molecule has 14 nitrogen and oxygen atoms in total. The van der Waals surface area contributed by atoms with Crippen molar-refractivity contribution in [3.8, 4) is 0 Å². The number of halogens is 1. The number of hydrogen-bond acceptors (Lipinski definition) is 13. The number of rotatable bonds is 8. The van der Waals surface area contributed by atoms with E-state index in [0.29, 0.717) is 6.54 Å². The Morgan fingerprint density at radius 2 is 1.88 bits per heavy atom. The number of nitrogens with two attached hydrogens (primary N) is 1. The molecule has 0 saturated carbocycles. The first-order valence-electron chi connectivity index (χ1n) is 12.9. The number of hydrogen-bond donors (Lipinski definition) is 4. The van der Waals surface area contributed by atoms with E-state index in [1.807, 2.05) is 30.3 Å². The number of anilines is 2. The molecule has 16 heteroatoms. The first-order valence-corrected chi connectivity index (χ1v) is 14.3. The minimum atomic E-state index is -4.93. The van der Waals surface area contributed by atoms with Crippen molar-refractivity contribution in [2.45, 2.75) is 36.0 Å². The second kappa shape index (κ2) is 11.1. The molecule has 0 spiro atoms. The summed E-state index contributed by atoms with van der Waals surface area (Å²) in [5.74, 6) is -0.558. The summed E-state index contributed by atoms with van der Waals surface area (Å²) in [6.07, 6.45) is -2.40. The number of carbonyl (C=O) groups excluding carboxylic acids is 1. The van der Waals surface area contributed by atoms with Gasteiger partial charge in [-0.2, -0.15) is 8.42 Å². The van der Waals surface area contributed by atoms with E-state index in [0.717, 1.165) is 40.7 Å². The number of fused-ring (bicyclic) bond motifs is 2. The van der Waals surface area contributed by atoms with Gasteiger partial charge in [-0.15, -0.1) is 3.89 Å². The highest BCUT2D eigenvalue weighted by molar-refractivity contribution is 7.86. The molecule has 2 aromatic carbocycles. The fourth-order valence-corrected chi connectivity index (χ4v) is 5.24. The molecular formula is C27H24FN7O7S. The normalized spacial score (nSPS) is 20.4. The van der Waals surface area contributed by atoms with Gasteiger partial charge in [-0.05, 0) is 48.0 Å². The molecule has 3 aromatic heterocycles. The zero-order valence-corrected chi connectivity index (χ0v) is 22.9. The third kappa shape index (κ3) is 5.55. The minimum Gasteiger partial charge on any atom is -0.459 e. The Morgan fingerprint density at radius 1 is 1.09 bits per heavy atom. The Labute approximate surface area is 243 Å². The monoisotopic (exact) mass is 609 g/mol. The SMILES string of the molecule is Nc1ncnc2c1nc(NCc1ccc3ncccc3c1)n2C1OC(COC(=O)c2ccc(S(=O)(=O)F)cc2)C(O)C1O. The van der Waals surface area contributed by atoms with E-state index < -0.39 is 52.2 Å².